The van der Waals surface area contributed by atoms with Gasteiger partial charge >= 0.3 is 0 Å². The van der Waals surface area contributed by atoms with Gasteiger partial charge in [0.1, 0.15) is 18.2 Å². The van der Waals surface area contributed by atoms with Gasteiger partial charge in [-0.15, -0.1) is 0 Å². The van der Waals surface area contributed by atoms with E-state index < -0.39 is 29.8 Å². The van der Waals surface area contributed by atoms with Gasteiger partial charge in [0, 0.05) is 18.7 Å². The molecule has 0 aliphatic carbocycles. The molecule has 0 aliphatic heterocycles. The summed E-state index contributed by atoms with van der Waals surface area (Å²) in [5, 5.41) is 24.2. The molecule has 1 unspecified atom stereocenters. The summed E-state index contributed by atoms with van der Waals surface area (Å²) in [5.41, 5.74) is -0.300. The van der Waals surface area contributed by atoms with Gasteiger partial charge in [-0.05, 0) is 49.7 Å². The Morgan fingerprint density at radius 3 is 2.54 bits per heavy atom. The molecule has 28 heavy (non-hydrogen) atoms. The van der Waals surface area contributed by atoms with E-state index in [2.05, 4.69) is 10.6 Å². The minimum atomic E-state index is -1.89. The van der Waals surface area contributed by atoms with Gasteiger partial charge in [-0.1, -0.05) is 0 Å². The van der Waals surface area contributed by atoms with E-state index in [0.29, 0.717) is 16.8 Å². The Labute approximate surface area is 161 Å². The highest BCUT2D eigenvalue weighted by Crippen LogP contribution is 2.22. The van der Waals surface area contributed by atoms with E-state index >= 15 is 0 Å². The summed E-state index contributed by atoms with van der Waals surface area (Å²) < 4.78 is 19.2. The Balaban J connectivity index is 2.01. The van der Waals surface area contributed by atoms with Crippen molar-refractivity contribution in [3.63, 3.8) is 0 Å². The molecule has 2 aromatic rings. The zero-order valence-electron chi connectivity index (χ0n) is 15.7. The monoisotopic (exact) mass is 385 g/mol. The van der Waals surface area contributed by atoms with Crippen molar-refractivity contribution in [3.05, 3.63) is 53.3 Å². The van der Waals surface area contributed by atoms with Gasteiger partial charge in [-0.2, -0.15) is 5.26 Å². The quantitative estimate of drug-likeness (QED) is 0.708. The van der Waals surface area contributed by atoms with Gasteiger partial charge in [0.05, 0.1) is 17.3 Å². The Hall–Kier alpha value is -3.44. The van der Waals surface area contributed by atoms with E-state index in [0.717, 1.165) is 6.07 Å². The molecule has 3 N–H and O–H groups in total. The van der Waals surface area contributed by atoms with Crippen LogP contribution in [0.5, 0.6) is 5.75 Å². The van der Waals surface area contributed by atoms with Crippen molar-refractivity contribution in [2.75, 3.05) is 17.2 Å². The molecule has 7 nitrogen and oxygen atoms in total. The molecule has 0 aromatic heterocycles. The highest BCUT2D eigenvalue weighted by atomic mass is 19.1. The summed E-state index contributed by atoms with van der Waals surface area (Å²) in [5.74, 6) is -1.74. The van der Waals surface area contributed by atoms with Crippen molar-refractivity contribution in [2.24, 2.45) is 0 Å². The number of carbonyl (C=O) groups excluding carboxylic acids is 2. The second-order valence-corrected chi connectivity index (χ2v) is 6.48. The smallest absolute Gasteiger partial charge is 0.259 e. The van der Waals surface area contributed by atoms with Gasteiger partial charge in [-0.25, -0.2) is 4.39 Å². The third-order valence-corrected chi connectivity index (χ3v) is 3.87. The number of benzene rings is 2. The number of nitriles is 1. The lowest BCUT2D eigenvalue weighted by Gasteiger charge is -2.23. The number of halogens is 1. The second kappa shape index (κ2) is 8.50. The fourth-order valence-corrected chi connectivity index (χ4v) is 2.30. The molecule has 2 amide bonds. The average Bonchev–Trinajstić information content (AvgIpc) is 2.62. The van der Waals surface area contributed by atoms with Crippen LogP contribution in [-0.2, 0) is 9.59 Å². The van der Waals surface area contributed by atoms with Crippen molar-refractivity contribution in [3.8, 4) is 11.8 Å². The van der Waals surface area contributed by atoms with Gasteiger partial charge in [0.25, 0.3) is 5.91 Å². The maximum absolute atomic E-state index is 13.9. The first kappa shape index (κ1) is 20.9. The number of carbonyl (C=O) groups is 2. The van der Waals surface area contributed by atoms with Crippen LogP contribution in [0.1, 0.15) is 25.0 Å². The Bertz CT molecular complexity index is 951. The molecule has 0 saturated heterocycles. The van der Waals surface area contributed by atoms with Crippen LogP contribution in [-0.4, -0.2) is 29.1 Å². The number of hydrogen-bond donors (Lipinski definition) is 3. The van der Waals surface area contributed by atoms with Crippen molar-refractivity contribution in [1.82, 2.24) is 0 Å². The summed E-state index contributed by atoms with van der Waals surface area (Å²) >= 11 is 0. The zero-order chi connectivity index (χ0) is 20.9. The molecule has 1 atom stereocenters. The number of anilines is 2. The Morgan fingerprint density at radius 1 is 1.25 bits per heavy atom. The first-order valence-electron chi connectivity index (χ1n) is 8.37. The van der Waals surface area contributed by atoms with E-state index in [1.165, 1.54) is 26.0 Å². The number of nitrogens with one attached hydrogen (secondary N) is 2. The van der Waals surface area contributed by atoms with Crippen LogP contribution in [0.4, 0.5) is 15.8 Å². The largest absolute Gasteiger partial charge is 0.490 e. The number of ether oxygens (including phenoxy) is 1. The number of aryl methyl sites for hydroxylation is 1. The van der Waals surface area contributed by atoms with Crippen molar-refractivity contribution in [1.29, 1.82) is 5.26 Å². The van der Waals surface area contributed by atoms with Crippen LogP contribution < -0.4 is 15.4 Å². The molecule has 8 heteroatoms. The average molecular weight is 385 g/mol. The summed E-state index contributed by atoms with van der Waals surface area (Å²) in [7, 11) is 0. The molecule has 0 aliphatic rings. The van der Waals surface area contributed by atoms with Crippen molar-refractivity contribution in [2.45, 2.75) is 26.4 Å². The highest BCUT2D eigenvalue weighted by Gasteiger charge is 2.31. The molecular formula is C20H20FN3O4. The van der Waals surface area contributed by atoms with Crippen LogP contribution >= 0.6 is 0 Å². The fourth-order valence-electron chi connectivity index (χ4n) is 2.30. The van der Waals surface area contributed by atoms with Gasteiger partial charge in [0.15, 0.2) is 5.60 Å². The van der Waals surface area contributed by atoms with Crippen LogP contribution in [0, 0.1) is 24.1 Å². The SMILES string of the molecule is CC(=O)Nc1ccc(OCC(C)(O)C(=O)Nc2ccc(C#N)c(C)c2)cc1F. The fraction of sp³-hybridized carbons (Fsp3) is 0.250. The number of rotatable bonds is 6. The lowest BCUT2D eigenvalue weighted by Crippen LogP contribution is -2.45. The minimum absolute atomic E-state index is 0.000499. The maximum atomic E-state index is 13.9. The molecule has 0 heterocycles. The highest BCUT2D eigenvalue weighted by molar-refractivity contribution is 5.97. The summed E-state index contributed by atoms with van der Waals surface area (Å²) in [6.45, 7) is 3.83. The van der Waals surface area contributed by atoms with Gasteiger partial charge in [-0.3, -0.25) is 9.59 Å². The van der Waals surface area contributed by atoms with Gasteiger partial charge < -0.3 is 20.5 Å². The molecule has 0 fully saturated rings. The van der Waals surface area contributed by atoms with Crippen LogP contribution in [0.3, 0.4) is 0 Å². The predicted octanol–water partition coefficient (Wildman–Crippen LogP) is 2.73. The number of hydrogen-bond acceptors (Lipinski definition) is 5. The predicted molar refractivity (Wildman–Crippen MR) is 101 cm³/mol. The van der Waals surface area contributed by atoms with E-state index in [9.17, 15) is 19.1 Å². The molecule has 146 valence electrons. The van der Waals surface area contributed by atoms with E-state index in [1.54, 1.807) is 25.1 Å². The van der Waals surface area contributed by atoms with E-state index in [1.807, 2.05) is 6.07 Å². The Kier molecular flexibility index (Phi) is 6.33. The number of nitrogens with zero attached hydrogens (tertiary/aromatic N) is 1. The van der Waals surface area contributed by atoms with E-state index in [4.69, 9.17) is 10.00 Å². The first-order chi connectivity index (χ1) is 13.1. The third kappa shape index (κ3) is 5.28. The summed E-state index contributed by atoms with van der Waals surface area (Å²) in [4.78, 5) is 23.3. The zero-order valence-corrected chi connectivity index (χ0v) is 15.7. The molecule has 2 aromatic carbocycles. The number of amides is 2. The number of aliphatic hydroxyl groups is 1. The topological polar surface area (TPSA) is 111 Å². The molecule has 0 radical (unpaired) electrons. The molecule has 0 saturated carbocycles. The molecular weight excluding hydrogens is 365 g/mol. The van der Waals surface area contributed by atoms with Crippen molar-refractivity contribution >= 4 is 23.2 Å². The lowest BCUT2D eigenvalue weighted by molar-refractivity contribution is -0.135. The molecule has 0 spiro atoms. The summed E-state index contributed by atoms with van der Waals surface area (Å²) in [6.07, 6.45) is 0. The minimum Gasteiger partial charge on any atom is -0.490 e. The van der Waals surface area contributed by atoms with Crippen LogP contribution in [0.25, 0.3) is 0 Å². The first-order valence-corrected chi connectivity index (χ1v) is 8.37. The Morgan fingerprint density at radius 2 is 1.96 bits per heavy atom. The van der Waals surface area contributed by atoms with E-state index in [-0.39, 0.29) is 11.4 Å². The molecule has 0 bridgehead atoms. The second-order valence-electron chi connectivity index (χ2n) is 6.48. The normalized spacial score (nSPS) is 12.4. The maximum Gasteiger partial charge on any atom is 0.259 e. The van der Waals surface area contributed by atoms with Crippen LogP contribution in [0.15, 0.2) is 36.4 Å². The van der Waals surface area contributed by atoms with Crippen LogP contribution in [0.2, 0.25) is 0 Å². The van der Waals surface area contributed by atoms with Crippen molar-refractivity contribution < 1.29 is 23.8 Å². The lowest BCUT2D eigenvalue weighted by atomic mass is 10.1. The van der Waals surface area contributed by atoms with Gasteiger partial charge in [0.2, 0.25) is 5.91 Å². The summed E-state index contributed by atoms with van der Waals surface area (Å²) in [6, 6.07) is 10.5. The standard InChI is InChI=1S/C20H20FN3O4/c1-12-8-15(5-4-14(12)10-22)24-19(26)20(3,27)11-28-16-6-7-18(17(21)9-16)23-13(2)25/h4-9,27H,11H2,1-3H3,(H,23,25)(H,24,26). The third-order valence-electron chi connectivity index (χ3n) is 3.87. The molecule has 2 rings (SSSR count).